The second-order valence-electron chi connectivity index (χ2n) is 10.8. The summed E-state index contributed by atoms with van der Waals surface area (Å²) >= 11 is 0. The van der Waals surface area contributed by atoms with Gasteiger partial charge in [-0.25, -0.2) is 9.07 Å². The van der Waals surface area contributed by atoms with Crippen LogP contribution in [0.2, 0.25) is 0 Å². The van der Waals surface area contributed by atoms with Crippen LogP contribution < -0.4 is 5.73 Å². The molecule has 1 fully saturated rings. The minimum absolute atomic E-state index is 0.0667. The molecule has 3 N–H and O–H groups in total. The van der Waals surface area contributed by atoms with Crippen molar-refractivity contribution in [2.45, 2.75) is 50.2 Å². The number of phenols is 1. The average molecular weight is 585 g/mol. The minimum atomic E-state index is -4.73. The molecule has 13 heteroatoms. The molecule has 1 aliphatic carbocycles. The molecule has 3 aliphatic rings. The first kappa shape index (κ1) is 27.7. The molecular formula is C29H28F4N6O3. The number of pyridine rings is 1. The number of phenolic OH excluding ortho intramolecular Hbond substituents is 1. The average Bonchev–Trinajstić information content (AvgIpc) is 3.18. The summed E-state index contributed by atoms with van der Waals surface area (Å²) in [6.07, 6.45) is 0.561. The van der Waals surface area contributed by atoms with E-state index < -0.39 is 35.4 Å². The largest absolute Gasteiger partial charge is 0.503 e. The van der Waals surface area contributed by atoms with Crippen molar-refractivity contribution in [3.63, 3.8) is 0 Å². The lowest BCUT2D eigenvalue weighted by molar-refractivity contribution is -0.141. The van der Waals surface area contributed by atoms with Crippen LogP contribution in [-0.4, -0.2) is 61.1 Å². The van der Waals surface area contributed by atoms with E-state index >= 15 is 4.39 Å². The van der Waals surface area contributed by atoms with E-state index in [1.807, 2.05) is 0 Å². The number of halogens is 4. The van der Waals surface area contributed by atoms with Crippen LogP contribution in [0.5, 0.6) is 5.75 Å². The summed E-state index contributed by atoms with van der Waals surface area (Å²) in [5.74, 6) is -2.10. The van der Waals surface area contributed by atoms with Crippen LogP contribution in [0.25, 0.3) is 5.69 Å². The fourth-order valence-corrected chi connectivity index (χ4v) is 6.10. The third-order valence-electron chi connectivity index (χ3n) is 8.51. The maximum absolute atomic E-state index is 15.3. The lowest BCUT2D eigenvalue weighted by Crippen LogP contribution is -2.46. The van der Waals surface area contributed by atoms with Gasteiger partial charge in [-0.2, -0.15) is 18.3 Å². The van der Waals surface area contributed by atoms with Crippen LogP contribution in [0.15, 0.2) is 37.1 Å². The molecule has 0 saturated heterocycles. The van der Waals surface area contributed by atoms with Crippen molar-refractivity contribution < 1.29 is 32.3 Å². The van der Waals surface area contributed by atoms with E-state index in [-0.39, 0.29) is 54.8 Å². The van der Waals surface area contributed by atoms with Crippen LogP contribution in [0.4, 0.5) is 23.2 Å². The molecule has 6 rings (SSSR count). The number of alkyl halides is 3. The van der Waals surface area contributed by atoms with Gasteiger partial charge in [-0.1, -0.05) is 19.1 Å². The number of anilines is 1. The Labute approximate surface area is 238 Å². The zero-order chi connectivity index (χ0) is 29.9. The van der Waals surface area contributed by atoms with E-state index in [4.69, 9.17) is 10.8 Å². The Morgan fingerprint density at radius 1 is 1.17 bits per heavy atom. The SMILES string of the molecule is C=CC(=O)N1CCc2nn(-c3ccc(C4CCC4)c(F)c3O)c3c2C(C1)N(C(=O)c1cnc(C(F)(F)F)cc1N)CC3. The summed E-state index contributed by atoms with van der Waals surface area (Å²) < 4.78 is 56.3. The van der Waals surface area contributed by atoms with Gasteiger partial charge >= 0.3 is 6.18 Å². The quantitative estimate of drug-likeness (QED) is 0.349. The van der Waals surface area contributed by atoms with Gasteiger partial charge in [-0.15, -0.1) is 0 Å². The van der Waals surface area contributed by atoms with Crippen LogP contribution in [0.3, 0.4) is 0 Å². The maximum Gasteiger partial charge on any atom is 0.433 e. The minimum Gasteiger partial charge on any atom is -0.503 e. The molecule has 0 bridgehead atoms. The number of carbonyl (C=O) groups excluding carboxylic acids is 2. The van der Waals surface area contributed by atoms with E-state index in [9.17, 15) is 27.9 Å². The standard InChI is InChI=1S/C29H28F4N6O3/c1-2-24(40)37-10-8-19-25-20(39(36-19)21-7-6-16(15-4-3-5-15)26(30)27(21)41)9-11-38(22(25)14-37)28(42)17-13-35-23(12-18(17)34)29(31,32)33/h2,6-7,12-13,15,22,41H,1,3-5,8-11,14H2,(H2,34,35). The van der Waals surface area contributed by atoms with Crippen molar-refractivity contribution in [2.24, 2.45) is 0 Å². The Morgan fingerprint density at radius 3 is 2.57 bits per heavy atom. The molecule has 1 atom stereocenters. The number of nitrogen functional groups attached to an aromatic ring is 1. The Bertz CT molecular complexity index is 1610. The van der Waals surface area contributed by atoms with E-state index in [2.05, 4.69) is 11.6 Å². The van der Waals surface area contributed by atoms with Crippen molar-refractivity contribution in [3.05, 3.63) is 76.6 Å². The van der Waals surface area contributed by atoms with Gasteiger partial charge in [0.25, 0.3) is 5.91 Å². The Balaban J connectivity index is 1.42. The first-order chi connectivity index (χ1) is 20.0. The zero-order valence-corrected chi connectivity index (χ0v) is 22.5. The number of aromatic hydroxyl groups is 1. The van der Waals surface area contributed by atoms with Crippen LogP contribution in [-0.2, 0) is 23.8 Å². The molecule has 4 heterocycles. The van der Waals surface area contributed by atoms with Gasteiger partial charge in [0.2, 0.25) is 5.91 Å². The third kappa shape index (κ3) is 4.47. The molecule has 2 aromatic heterocycles. The fraction of sp³-hybridized carbons (Fsp3) is 0.379. The molecule has 2 amide bonds. The third-order valence-corrected chi connectivity index (χ3v) is 8.51. The number of hydrogen-bond acceptors (Lipinski definition) is 6. The van der Waals surface area contributed by atoms with E-state index in [0.717, 1.165) is 25.5 Å². The lowest BCUT2D eigenvalue weighted by atomic mass is 9.79. The predicted octanol–water partition coefficient (Wildman–Crippen LogP) is 4.29. The molecule has 3 aromatic rings. The van der Waals surface area contributed by atoms with Crippen LogP contribution in [0.1, 0.15) is 69.8 Å². The highest BCUT2D eigenvalue weighted by Crippen LogP contribution is 2.43. The Kier molecular flexibility index (Phi) is 6.70. The molecule has 0 spiro atoms. The topological polar surface area (TPSA) is 118 Å². The summed E-state index contributed by atoms with van der Waals surface area (Å²) in [6, 6.07) is 3.20. The van der Waals surface area contributed by atoms with Crippen molar-refractivity contribution >= 4 is 17.5 Å². The number of benzene rings is 1. The number of rotatable bonds is 4. The highest BCUT2D eigenvalue weighted by molar-refractivity contribution is 5.99. The van der Waals surface area contributed by atoms with Gasteiger partial charge in [-0.05, 0) is 42.5 Å². The summed E-state index contributed by atoms with van der Waals surface area (Å²) in [4.78, 5) is 32.8. The first-order valence-electron chi connectivity index (χ1n) is 13.7. The molecule has 0 radical (unpaired) electrons. The second kappa shape index (κ2) is 10.1. The molecule has 1 saturated carbocycles. The molecular weight excluding hydrogens is 556 g/mol. The highest BCUT2D eigenvalue weighted by atomic mass is 19.4. The van der Waals surface area contributed by atoms with Gasteiger partial charge in [0.15, 0.2) is 11.6 Å². The van der Waals surface area contributed by atoms with Gasteiger partial charge < -0.3 is 20.6 Å². The van der Waals surface area contributed by atoms with Crippen molar-refractivity contribution in [2.75, 3.05) is 25.4 Å². The lowest BCUT2D eigenvalue weighted by Gasteiger charge is -2.38. The second-order valence-corrected chi connectivity index (χ2v) is 10.8. The molecule has 9 nitrogen and oxygen atoms in total. The van der Waals surface area contributed by atoms with Gasteiger partial charge in [0.05, 0.1) is 23.0 Å². The number of nitrogens with zero attached hydrogens (tertiary/aromatic N) is 5. The molecule has 220 valence electrons. The smallest absolute Gasteiger partial charge is 0.433 e. The Hall–Kier alpha value is -4.42. The summed E-state index contributed by atoms with van der Waals surface area (Å²) in [7, 11) is 0. The summed E-state index contributed by atoms with van der Waals surface area (Å²) in [5.41, 5.74) is 6.62. The number of nitrogens with two attached hydrogens (primary N) is 1. The maximum atomic E-state index is 15.3. The molecule has 1 aromatic carbocycles. The van der Waals surface area contributed by atoms with Gasteiger partial charge in [0, 0.05) is 49.9 Å². The Morgan fingerprint density at radius 2 is 1.93 bits per heavy atom. The number of aromatic nitrogens is 3. The number of carbonyl (C=O) groups is 2. The summed E-state index contributed by atoms with van der Waals surface area (Å²) in [5, 5.41) is 15.6. The van der Waals surface area contributed by atoms with E-state index in [0.29, 0.717) is 35.0 Å². The van der Waals surface area contributed by atoms with Gasteiger partial charge in [0.1, 0.15) is 11.4 Å². The van der Waals surface area contributed by atoms with Crippen molar-refractivity contribution in [1.82, 2.24) is 24.6 Å². The predicted molar refractivity (Wildman–Crippen MR) is 143 cm³/mol. The highest BCUT2D eigenvalue weighted by Gasteiger charge is 2.41. The van der Waals surface area contributed by atoms with Crippen molar-refractivity contribution in [3.8, 4) is 11.4 Å². The number of hydrogen-bond donors (Lipinski definition) is 2. The molecule has 42 heavy (non-hydrogen) atoms. The van der Waals surface area contributed by atoms with Crippen LogP contribution >= 0.6 is 0 Å². The van der Waals surface area contributed by atoms with Crippen LogP contribution in [0, 0.1) is 5.82 Å². The van der Waals surface area contributed by atoms with Crippen molar-refractivity contribution in [1.29, 1.82) is 0 Å². The molecule has 1 unspecified atom stereocenters. The molecule has 2 aliphatic heterocycles. The van der Waals surface area contributed by atoms with E-state index in [1.165, 1.54) is 20.6 Å². The van der Waals surface area contributed by atoms with E-state index in [1.54, 1.807) is 12.1 Å². The normalized spacial score (nSPS) is 18.7. The summed E-state index contributed by atoms with van der Waals surface area (Å²) in [6.45, 7) is 3.98. The number of amides is 2. The fourth-order valence-electron chi connectivity index (χ4n) is 6.10. The zero-order valence-electron chi connectivity index (χ0n) is 22.5. The first-order valence-corrected chi connectivity index (χ1v) is 13.7. The monoisotopic (exact) mass is 584 g/mol. The van der Waals surface area contributed by atoms with Gasteiger partial charge in [-0.3, -0.25) is 14.6 Å².